The summed E-state index contributed by atoms with van der Waals surface area (Å²) in [6.45, 7) is 1.92. The zero-order valence-corrected chi connectivity index (χ0v) is 13.0. The number of aromatic nitrogens is 1. The third-order valence-electron chi connectivity index (χ3n) is 5.00. The first-order valence-electron chi connectivity index (χ1n) is 8.50. The lowest BCUT2D eigenvalue weighted by Gasteiger charge is -2.19. The molecular formula is C19H24N2O. The Kier molecular flexibility index (Phi) is 4.00. The van der Waals surface area contributed by atoms with E-state index in [1.165, 1.54) is 47.8 Å². The summed E-state index contributed by atoms with van der Waals surface area (Å²) in [4.78, 5) is 3.42. The number of nitrogens with one attached hydrogen (secondary N) is 2. The van der Waals surface area contributed by atoms with Crippen molar-refractivity contribution in [3.63, 3.8) is 0 Å². The van der Waals surface area contributed by atoms with Crippen molar-refractivity contribution in [1.82, 2.24) is 10.3 Å². The van der Waals surface area contributed by atoms with E-state index in [0.29, 0.717) is 6.04 Å². The van der Waals surface area contributed by atoms with E-state index >= 15 is 0 Å². The van der Waals surface area contributed by atoms with Crippen molar-refractivity contribution < 1.29 is 4.74 Å². The van der Waals surface area contributed by atoms with Crippen molar-refractivity contribution in [2.75, 3.05) is 13.2 Å². The Labute approximate surface area is 131 Å². The summed E-state index contributed by atoms with van der Waals surface area (Å²) in [5, 5.41) is 4.96. The van der Waals surface area contributed by atoms with Crippen LogP contribution in [-0.2, 0) is 11.2 Å². The number of H-pyrrole nitrogens is 1. The molecule has 2 aliphatic heterocycles. The summed E-state index contributed by atoms with van der Waals surface area (Å²) >= 11 is 0. The molecule has 22 heavy (non-hydrogen) atoms. The molecule has 0 spiro atoms. The van der Waals surface area contributed by atoms with Crippen LogP contribution in [0.25, 0.3) is 10.9 Å². The fraction of sp³-hybridized carbons (Fsp3) is 0.474. The summed E-state index contributed by atoms with van der Waals surface area (Å²) < 4.78 is 5.86. The summed E-state index contributed by atoms with van der Waals surface area (Å²) in [5.41, 5.74) is 3.98. The molecule has 0 saturated carbocycles. The van der Waals surface area contributed by atoms with Gasteiger partial charge in [-0.15, -0.1) is 0 Å². The average Bonchev–Trinajstić information content (AvgIpc) is 3.23. The molecular weight excluding hydrogens is 272 g/mol. The minimum absolute atomic E-state index is 0.216. The SMILES string of the molecule is C1=CCC(c2ccc3[nH]cc(CCC4CCCN4)c3c2)OC1. The number of rotatable bonds is 4. The maximum absolute atomic E-state index is 5.86. The van der Waals surface area contributed by atoms with Gasteiger partial charge in [-0.2, -0.15) is 0 Å². The molecule has 2 aromatic rings. The van der Waals surface area contributed by atoms with Crippen LogP contribution in [0.3, 0.4) is 0 Å². The predicted octanol–water partition coefficient (Wildman–Crippen LogP) is 3.87. The zero-order valence-electron chi connectivity index (χ0n) is 13.0. The van der Waals surface area contributed by atoms with E-state index in [1.807, 2.05) is 0 Å². The molecule has 2 atom stereocenters. The standard InChI is InChI=1S/C19H24N2O/c1-2-11-22-19(5-1)14-7-9-18-17(12-14)15(13-21-18)6-8-16-4-3-10-20-16/h1-2,7,9,12-13,16,19-21H,3-6,8,10-11H2. The van der Waals surface area contributed by atoms with Crippen molar-refractivity contribution >= 4 is 10.9 Å². The van der Waals surface area contributed by atoms with Crippen molar-refractivity contribution in [3.8, 4) is 0 Å². The zero-order chi connectivity index (χ0) is 14.8. The van der Waals surface area contributed by atoms with Gasteiger partial charge in [-0.1, -0.05) is 18.2 Å². The van der Waals surface area contributed by atoms with Gasteiger partial charge < -0.3 is 15.0 Å². The van der Waals surface area contributed by atoms with Gasteiger partial charge in [0, 0.05) is 23.1 Å². The highest BCUT2D eigenvalue weighted by Gasteiger charge is 2.16. The normalized spacial score (nSPS) is 25.1. The molecule has 1 aromatic heterocycles. The quantitative estimate of drug-likeness (QED) is 0.840. The lowest BCUT2D eigenvalue weighted by atomic mass is 9.99. The molecule has 1 saturated heterocycles. The van der Waals surface area contributed by atoms with Crippen LogP contribution < -0.4 is 5.32 Å². The molecule has 4 rings (SSSR count). The van der Waals surface area contributed by atoms with Crippen LogP contribution in [0.4, 0.5) is 0 Å². The molecule has 2 N–H and O–H groups in total. The number of ether oxygens (including phenoxy) is 1. The second-order valence-corrected chi connectivity index (χ2v) is 6.48. The van der Waals surface area contributed by atoms with Crippen LogP contribution in [0.2, 0.25) is 0 Å². The van der Waals surface area contributed by atoms with Gasteiger partial charge in [-0.25, -0.2) is 0 Å². The second-order valence-electron chi connectivity index (χ2n) is 6.48. The van der Waals surface area contributed by atoms with Crippen LogP contribution in [0, 0.1) is 0 Å². The van der Waals surface area contributed by atoms with Gasteiger partial charge >= 0.3 is 0 Å². The number of hydrogen-bond acceptors (Lipinski definition) is 2. The van der Waals surface area contributed by atoms with Gasteiger partial charge in [-0.05, 0) is 61.9 Å². The second kappa shape index (κ2) is 6.27. The van der Waals surface area contributed by atoms with E-state index < -0.39 is 0 Å². The van der Waals surface area contributed by atoms with Gasteiger partial charge in [0.2, 0.25) is 0 Å². The highest BCUT2D eigenvalue weighted by molar-refractivity contribution is 5.84. The molecule has 3 heteroatoms. The van der Waals surface area contributed by atoms with Gasteiger partial charge in [0.25, 0.3) is 0 Å². The van der Waals surface area contributed by atoms with Crippen molar-refractivity contribution in [1.29, 1.82) is 0 Å². The first-order chi connectivity index (χ1) is 10.9. The number of benzene rings is 1. The minimum Gasteiger partial charge on any atom is -0.369 e. The monoisotopic (exact) mass is 296 g/mol. The molecule has 2 aliphatic rings. The van der Waals surface area contributed by atoms with E-state index in [0.717, 1.165) is 19.4 Å². The van der Waals surface area contributed by atoms with Gasteiger partial charge in [0.05, 0.1) is 12.7 Å². The highest BCUT2D eigenvalue weighted by Crippen LogP contribution is 2.29. The third kappa shape index (κ3) is 2.83. The van der Waals surface area contributed by atoms with E-state index in [4.69, 9.17) is 4.74 Å². The van der Waals surface area contributed by atoms with E-state index in [9.17, 15) is 0 Å². The largest absolute Gasteiger partial charge is 0.369 e. The van der Waals surface area contributed by atoms with Crippen LogP contribution >= 0.6 is 0 Å². The Morgan fingerprint density at radius 1 is 1.23 bits per heavy atom. The van der Waals surface area contributed by atoms with Crippen LogP contribution in [0.1, 0.15) is 42.9 Å². The summed E-state index contributed by atoms with van der Waals surface area (Å²) in [6, 6.07) is 7.43. The smallest absolute Gasteiger partial charge is 0.0863 e. The lowest BCUT2D eigenvalue weighted by Crippen LogP contribution is -2.21. The third-order valence-corrected chi connectivity index (χ3v) is 5.00. The maximum Gasteiger partial charge on any atom is 0.0863 e. The van der Waals surface area contributed by atoms with Crippen LogP contribution in [0.15, 0.2) is 36.5 Å². The maximum atomic E-state index is 5.86. The van der Waals surface area contributed by atoms with Gasteiger partial charge in [0.1, 0.15) is 0 Å². The summed E-state index contributed by atoms with van der Waals surface area (Å²) in [7, 11) is 0. The van der Waals surface area contributed by atoms with Gasteiger partial charge in [0.15, 0.2) is 0 Å². The van der Waals surface area contributed by atoms with Gasteiger partial charge in [-0.3, -0.25) is 0 Å². The Hall–Kier alpha value is -1.58. The molecule has 0 radical (unpaired) electrons. The molecule has 0 bridgehead atoms. The molecule has 1 fully saturated rings. The summed E-state index contributed by atoms with van der Waals surface area (Å²) in [5.74, 6) is 0. The Morgan fingerprint density at radius 3 is 3.05 bits per heavy atom. The van der Waals surface area contributed by atoms with Crippen LogP contribution in [-0.4, -0.2) is 24.2 Å². The molecule has 2 unspecified atom stereocenters. The van der Waals surface area contributed by atoms with Crippen molar-refractivity contribution in [3.05, 3.63) is 47.7 Å². The van der Waals surface area contributed by atoms with Crippen molar-refractivity contribution in [2.24, 2.45) is 0 Å². The van der Waals surface area contributed by atoms with E-state index in [-0.39, 0.29) is 6.10 Å². The molecule has 3 nitrogen and oxygen atoms in total. The van der Waals surface area contributed by atoms with E-state index in [1.54, 1.807) is 0 Å². The fourth-order valence-corrected chi connectivity index (χ4v) is 3.70. The van der Waals surface area contributed by atoms with Crippen molar-refractivity contribution in [2.45, 2.75) is 44.2 Å². The number of aryl methyl sites for hydroxylation is 1. The first kappa shape index (κ1) is 14.0. The molecule has 1 aromatic carbocycles. The average molecular weight is 296 g/mol. The number of fused-ring (bicyclic) bond motifs is 1. The first-order valence-corrected chi connectivity index (χ1v) is 8.50. The molecule has 0 amide bonds. The summed E-state index contributed by atoms with van der Waals surface area (Å²) in [6.07, 6.45) is 12.8. The lowest BCUT2D eigenvalue weighted by molar-refractivity contribution is 0.0678. The minimum atomic E-state index is 0.216. The molecule has 3 heterocycles. The van der Waals surface area contributed by atoms with Crippen LogP contribution in [0.5, 0.6) is 0 Å². The number of hydrogen-bond donors (Lipinski definition) is 2. The molecule has 0 aliphatic carbocycles. The topological polar surface area (TPSA) is 37.0 Å². The van der Waals surface area contributed by atoms with E-state index in [2.05, 4.69) is 46.8 Å². The Bertz CT molecular complexity index is 667. The predicted molar refractivity (Wildman–Crippen MR) is 90.1 cm³/mol. The number of aromatic amines is 1. The molecule has 116 valence electrons. The Balaban J connectivity index is 1.54. The Morgan fingerprint density at radius 2 is 2.23 bits per heavy atom. The fourth-order valence-electron chi connectivity index (χ4n) is 3.70. The highest BCUT2D eigenvalue weighted by atomic mass is 16.5.